The summed E-state index contributed by atoms with van der Waals surface area (Å²) in [6.45, 7) is 3.80. The second kappa shape index (κ2) is 12.1. The summed E-state index contributed by atoms with van der Waals surface area (Å²) in [6.07, 6.45) is 4.33. The molecule has 2 aliphatic rings. The van der Waals surface area contributed by atoms with Gasteiger partial charge < -0.3 is 25.0 Å². The Labute approximate surface area is 218 Å². The Kier molecular flexibility index (Phi) is 8.66. The summed E-state index contributed by atoms with van der Waals surface area (Å²) in [5.74, 6) is 1.22. The van der Waals surface area contributed by atoms with E-state index in [2.05, 4.69) is 15.5 Å². The molecule has 2 aromatic rings. The van der Waals surface area contributed by atoms with Gasteiger partial charge >= 0.3 is 0 Å². The zero-order chi connectivity index (χ0) is 26.4. The van der Waals surface area contributed by atoms with E-state index < -0.39 is 0 Å². The first kappa shape index (κ1) is 26.5. The average Bonchev–Trinajstić information content (AvgIpc) is 3.43. The van der Waals surface area contributed by atoms with Gasteiger partial charge in [0, 0.05) is 56.1 Å². The monoisotopic (exact) mass is 508 g/mol. The van der Waals surface area contributed by atoms with E-state index in [1.165, 1.54) is 6.92 Å². The Bertz CT molecular complexity index is 1080. The number of carbonyl (C=O) groups is 3. The van der Waals surface area contributed by atoms with Crippen LogP contribution in [0.15, 0.2) is 42.5 Å². The number of nitrogens with one attached hydrogen (secondary N) is 2. The predicted octanol–water partition coefficient (Wildman–Crippen LogP) is 3.62. The molecule has 9 nitrogen and oxygen atoms in total. The van der Waals surface area contributed by atoms with E-state index in [-0.39, 0.29) is 23.8 Å². The van der Waals surface area contributed by atoms with E-state index in [0.717, 1.165) is 25.7 Å². The van der Waals surface area contributed by atoms with Crippen LogP contribution in [-0.4, -0.2) is 74.0 Å². The summed E-state index contributed by atoms with van der Waals surface area (Å²) in [5, 5.41) is 5.82. The van der Waals surface area contributed by atoms with Gasteiger partial charge in [0.2, 0.25) is 11.8 Å². The molecule has 0 bridgehead atoms. The third kappa shape index (κ3) is 6.60. The van der Waals surface area contributed by atoms with Crippen LogP contribution < -0.4 is 20.1 Å². The van der Waals surface area contributed by atoms with Crippen LogP contribution in [0.2, 0.25) is 0 Å². The lowest BCUT2D eigenvalue weighted by atomic mass is 9.94. The van der Waals surface area contributed by atoms with Crippen molar-refractivity contribution in [3.63, 3.8) is 0 Å². The Hall–Kier alpha value is -3.59. The zero-order valence-electron chi connectivity index (χ0n) is 21.8. The third-order valence-corrected chi connectivity index (χ3v) is 7.18. The number of hydrogen-bond acceptors (Lipinski definition) is 6. The van der Waals surface area contributed by atoms with Gasteiger partial charge in [-0.05, 0) is 55.2 Å². The van der Waals surface area contributed by atoms with E-state index in [4.69, 9.17) is 9.47 Å². The second-order valence-electron chi connectivity index (χ2n) is 9.67. The minimum atomic E-state index is -0.244. The number of rotatable bonds is 8. The van der Waals surface area contributed by atoms with Crippen molar-refractivity contribution in [2.45, 2.75) is 38.6 Å². The SMILES string of the molecule is COc1cc(OC)cc(C(=O)N2CCN([C@@H](C(=O)Nc3ccc(NC(C)=O)cc3)C3CCCC3)CC2)c1. The number of carbonyl (C=O) groups excluding carboxylic acids is 3. The molecular formula is C28H36N4O5. The fourth-order valence-corrected chi connectivity index (χ4v) is 5.32. The van der Waals surface area contributed by atoms with Gasteiger partial charge in [-0.25, -0.2) is 0 Å². The van der Waals surface area contributed by atoms with E-state index in [0.29, 0.717) is 60.5 Å². The molecule has 1 aliphatic heterocycles. The molecule has 4 rings (SSSR count). The van der Waals surface area contributed by atoms with Crippen LogP contribution in [0.1, 0.15) is 43.0 Å². The molecular weight excluding hydrogens is 472 g/mol. The maximum Gasteiger partial charge on any atom is 0.254 e. The predicted molar refractivity (Wildman–Crippen MR) is 142 cm³/mol. The van der Waals surface area contributed by atoms with Crippen molar-refractivity contribution >= 4 is 29.1 Å². The Balaban J connectivity index is 1.42. The molecule has 9 heteroatoms. The summed E-state index contributed by atoms with van der Waals surface area (Å²) >= 11 is 0. The van der Waals surface area contributed by atoms with Crippen LogP contribution in [0.25, 0.3) is 0 Å². The molecule has 37 heavy (non-hydrogen) atoms. The summed E-state index contributed by atoms with van der Waals surface area (Å²) in [5.41, 5.74) is 1.91. The zero-order valence-corrected chi connectivity index (χ0v) is 21.8. The number of ether oxygens (including phenoxy) is 2. The minimum absolute atomic E-state index is 0.0171. The average molecular weight is 509 g/mol. The molecule has 2 aromatic carbocycles. The van der Waals surface area contributed by atoms with Gasteiger partial charge in [0.05, 0.1) is 20.3 Å². The number of amides is 3. The normalized spacial score (nSPS) is 17.2. The van der Waals surface area contributed by atoms with Gasteiger partial charge in [-0.2, -0.15) is 0 Å². The molecule has 0 unspecified atom stereocenters. The molecule has 2 N–H and O–H groups in total. The van der Waals surface area contributed by atoms with Crippen molar-refractivity contribution in [2.75, 3.05) is 51.0 Å². The maximum absolute atomic E-state index is 13.5. The van der Waals surface area contributed by atoms with E-state index in [1.807, 2.05) is 4.90 Å². The first-order valence-corrected chi connectivity index (χ1v) is 12.8. The quantitative estimate of drug-likeness (QED) is 0.565. The lowest BCUT2D eigenvalue weighted by molar-refractivity contribution is -0.124. The highest BCUT2D eigenvalue weighted by atomic mass is 16.5. The van der Waals surface area contributed by atoms with Crippen LogP contribution in [0, 0.1) is 5.92 Å². The highest BCUT2D eigenvalue weighted by molar-refractivity contribution is 5.96. The van der Waals surface area contributed by atoms with Crippen LogP contribution in [0.4, 0.5) is 11.4 Å². The fraction of sp³-hybridized carbons (Fsp3) is 0.464. The summed E-state index contributed by atoms with van der Waals surface area (Å²) in [7, 11) is 3.13. The third-order valence-electron chi connectivity index (χ3n) is 7.18. The van der Waals surface area contributed by atoms with Crippen LogP contribution in [0.5, 0.6) is 11.5 Å². The van der Waals surface area contributed by atoms with Crippen LogP contribution in [-0.2, 0) is 9.59 Å². The molecule has 1 saturated heterocycles. The minimum Gasteiger partial charge on any atom is -0.497 e. The van der Waals surface area contributed by atoms with Gasteiger partial charge in [0.1, 0.15) is 11.5 Å². The maximum atomic E-state index is 13.5. The largest absolute Gasteiger partial charge is 0.497 e. The Morgan fingerprint density at radius 2 is 1.38 bits per heavy atom. The summed E-state index contributed by atoms with van der Waals surface area (Å²) in [4.78, 5) is 42.1. The van der Waals surface area contributed by atoms with Crippen LogP contribution >= 0.6 is 0 Å². The topological polar surface area (TPSA) is 100 Å². The number of methoxy groups -OCH3 is 2. The van der Waals surface area contributed by atoms with Crippen molar-refractivity contribution < 1.29 is 23.9 Å². The molecule has 1 aliphatic carbocycles. The molecule has 0 aromatic heterocycles. The van der Waals surface area contributed by atoms with Gasteiger partial charge in [-0.15, -0.1) is 0 Å². The van der Waals surface area contributed by atoms with Gasteiger partial charge in [-0.3, -0.25) is 19.3 Å². The van der Waals surface area contributed by atoms with E-state index >= 15 is 0 Å². The molecule has 1 heterocycles. The summed E-state index contributed by atoms with van der Waals surface area (Å²) in [6, 6.07) is 12.1. The number of nitrogens with zero attached hydrogens (tertiary/aromatic N) is 2. The fourth-order valence-electron chi connectivity index (χ4n) is 5.32. The van der Waals surface area contributed by atoms with Crippen molar-refractivity contribution in [1.82, 2.24) is 9.80 Å². The first-order valence-electron chi connectivity index (χ1n) is 12.8. The van der Waals surface area contributed by atoms with Crippen LogP contribution in [0.3, 0.4) is 0 Å². The van der Waals surface area contributed by atoms with Crippen molar-refractivity contribution in [2.24, 2.45) is 5.92 Å². The standard InChI is InChI=1S/C28H36N4O5/c1-19(33)29-22-8-10-23(11-9-22)30-27(34)26(20-6-4-5-7-20)31-12-14-32(15-13-31)28(35)21-16-24(36-2)18-25(17-21)37-3/h8-11,16-18,20,26H,4-7,12-15H2,1-3H3,(H,29,33)(H,30,34)/t26-/m1/s1. The first-order chi connectivity index (χ1) is 17.9. The Morgan fingerprint density at radius 3 is 1.89 bits per heavy atom. The van der Waals surface area contributed by atoms with Gasteiger partial charge in [0.25, 0.3) is 5.91 Å². The molecule has 1 atom stereocenters. The molecule has 0 spiro atoms. The summed E-state index contributed by atoms with van der Waals surface area (Å²) < 4.78 is 10.6. The van der Waals surface area contributed by atoms with Crippen molar-refractivity contribution in [3.05, 3.63) is 48.0 Å². The molecule has 198 valence electrons. The van der Waals surface area contributed by atoms with E-state index in [9.17, 15) is 14.4 Å². The highest BCUT2D eigenvalue weighted by Gasteiger charge is 2.37. The number of benzene rings is 2. The highest BCUT2D eigenvalue weighted by Crippen LogP contribution is 2.32. The number of hydrogen-bond donors (Lipinski definition) is 2. The Morgan fingerprint density at radius 1 is 0.838 bits per heavy atom. The lowest BCUT2D eigenvalue weighted by Crippen LogP contribution is -2.56. The molecule has 2 fully saturated rings. The number of anilines is 2. The van der Waals surface area contributed by atoms with Crippen molar-refractivity contribution in [3.8, 4) is 11.5 Å². The number of piperazine rings is 1. The molecule has 3 amide bonds. The van der Waals surface area contributed by atoms with E-state index in [1.54, 1.807) is 56.7 Å². The van der Waals surface area contributed by atoms with Gasteiger partial charge in [-0.1, -0.05) is 12.8 Å². The molecule has 0 radical (unpaired) electrons. The lowest BCUT2D eigenvalue weighted by Gasteiger charge is -2.40. The second-order valence-corrected chi connectivity index (χ2v) is 9.67. The van der Waals surface area contributed by atoms with Crippen molar-refractivity contribution in [1.29, 1.82) is 0 Å². The smallest absolute Gasteiger partial charge is 0.254 e. The van der Waals surface area contributed by atoms with Gasteiger partial charge in [0.15, 0.2) is 0 Å². The molecule has 1 saturated carbocycles.